The lowest BCUT2D eigenvalue weighted by molar-refractivity contribution is -0.198. The molecule has 3 nitrogen and oxygen atoms in total. The Bertz CT molecular complexity index is 574. The van der Waals surface area contributed by atoms with Crippen LogP contribution in [0, 0.1) is 11.3 Å². The predicted octanol–water partition coefficient (Wildman–Crippen LogP) is 3.49. The van der Waals surface area contributed by atoms with E-state index < -0.39 is 18.3 Å². The van der Waals surface area contributed by atoms with Crippen LogP contribution >= 0.6 is 11.6 Å². The van der Waals surface area contributed by atoms with Crippen LogP contribution < -0.4 is 4.90 Å². The average molecular weight is 319 g/mol. The molecule has 7 heteroatoms. The maximum atomic E-state index is 14.0. The van der Waals surface area contributed by atoms with Crippen LogP contribution in [0.15, 0.2) is 18.2 Å². The minimum absolute atomic E-state index is 0.107. The maximum absolute atomic E-state index is 14.0. The summed E-state index contributed by atoms with van der Waals surface area (Å²) in [6.07, 6.45) is -2.92. The van der Waals surface area contributed by atoms with Crippen molar-refractivity contribution >= 4 is 17.3 Å². The van der Waals surface area contributed by atoms with E-state index in [4.69, 9.17) is 16.9 Å². The first-order valence-corrected chi connectivity index (χ1v) is 6.84. The highest BCUT2D eigenvalue weighted by atomic mass is 35.5. The van der Waals surface area contributed by atoms with Gasteiger partial charge in [-0.25, -0.2) is 13.2 Å². The molecule has 1 aliphatic rings. The fourth-order valence-corrected chi connectivity index (χ4v) is 2.93. The molecule has 0 radical (unpaired) electrons. The summed E-state index contributed by atoms with van der Waals surface area (Å²) in [6, 6.07) is 4.70. The fraction of sp³-hybridized carbons (Fsp3) is 0.500. The highest BCUT2D eigenvalue weighted by Gasteiger charge is 2.52. The highest BCUT2D eigenvalue weighted by molar-refractivity contribution is 6.32. The molecular formula is C14H14ClF3N2O. The molecule has 1 N–H and O–H groups in total. The van der Waals surface area contributed by atoms with Crippen LogP contribution in [0.4, 0.5) is 18.9 Å². The second-order valence-corrected chi connectivity index (χ2v) is 5.56. The molecule has 0 saturated carbocycles. The molecule has 1 aromatic rings. The molecule has 1 heterocycles. The fourth-order valence-electron chi connectivity index (χ4n) is 2.72. The van der Waals surface area contributed by atoms with Gasteiger partial charge in [0.15, 0.2) is 0 Å². The van der Waals surface area contributed by atoms with Crippen molar-refractivity contribution in [3.05, 3.63) is 28.8 Å². The van der Waals surface area contributed by atoms with Crippen LogP contribution in [0.5, 0.6) is 0 Å². The third-order valence-electron chi connectivity index (χ3n) is 3.81. The number of hydrogen-bond donors (Lipinski definition) is 1. The lowest BCUT2D eigenvalue weighted by atomic mass is 10.1. The number of anilines is 1. The molecule has 3 atom stereocenters. The number of alkyl halides is 3. The van der Waals surface area contributed by atoms with Crippen molar-refractivity contribution in [3.8, 4) is 6.07 Å². The Labute approximate surface area is 125 Å². The van der Waals surface area contributed by atoms with Crippen LogP contribution in [0.25, 0.3) is 0 Å². The second kappa shape index (κ2) is 5.74. The minimum atomic E-state index is -3.59. The molecule has 1 aliphatic heterocycles. The normalized spacial score (nSPS) is 25.0. The molecule has 0 bridgehead atoms. The van der Waals surface area contributed by atoms with Gasteiger partial charge in [-0.1, -0.05) is 11.6 Å². The van der Waals surface area contributed by atoms with Crippen molar-refractivity contribution in [2.75, 3.05) is 4.90 Å². The molecule has 1 saturated heterocycles. The summed E-state index contributed by atoms with van der Waals surface area (Å²) >= 11 is 5.93. The molecule has 21 heavy (non-hydrogen) atoms. The van der Waals surface area contributed by atoms with Crippen molar-refractivity contribution in [2.24, 2.45) is 0 Å². The lowest BCUT2D eigenvalue weighted by Gasteiger charge is -2.36. The molecule has 1 aromatic carbocycles. The molecule has 2 rings (SSSR count). The molecule has 0 aliphatic carbocycles. The molecule has 0 spiro atoms. The second-order valence-electron chi connectivity index (χ2n) is 5.15. The Morgan fingerprint density at radius 1 is 1.48 bits per heavy atom. The SMILES string of the molecule is CC1CC[C@H](C(O)(F)C(F)F)N1c1ccc(C#N)c(Cl)c1. The van der Waals surface area contributed by atoms with E-state index in [1.165, 1.54) is 23.1 Å². The third-order valence-corrected chi connectivity index (χ3v) is 4.13. The zero-order chi connectivity index (χ0) is 15.8. The summed E-state index contributed by atoms with van der Waals surface area (Å²) in [7, 11) is 0. The zero-order valence-electron chi connectivity index (χ0n) is 11.2. The van der Waals surface area contributed by atoms with E-state index in [-0.39, 0.29) is 23.0 Å². The first-order valence-electron chi connectivity index (χ1n) is 6.46. The smallest absolute Gasteiger partial charge is 0.298 e. The Kier molecular flexibility index (Phi) is 4.35. The molecular weight excluding hydrogens is 305 g/mol. The van der Waals surface area contributed by atoms with Gasteiger partial charge in [0.2, 0.25) is 0 Å². The summed E-state index contributed by atoms with van der Waals surface area (Å²) in [4.78, 5) is 1.40. The van der Waals surface area contributed by atoms with Crippen LogP contribution in [0.2, 0.25) is 5.02 Å². The molecule has 1 fully saturated rings. The van der Waals surface area contributed by atoms with Crippen molar-refractivity contribution in [1.29, 1.82) is 5.26 Å². The zero-order valence-corrected chi connectivity index (χ0v) is 12.0. The number of halogens is 4. The maximum Gasteiger partial charge on any atom is 0.298 e. The molecule has 2 unspecified atom stereocenters. The third kappa shape index (κ3) is 2.81. The van der Waals surface area contributed by atoms with Crippen molar-refractivity contribution in [3.63, 3.8) is 0 Å². The van der Waals surface area contributed by atoms with Gasteiger partial charge in [-0.05, 0) is 38.0 Å². The summed E-state index contributed by atoms with van der Waals surface area (Å²) in [5.41, 5.74) is 0.652. The van der Waals surface area contributed by atoms with Crippen LogP contribution in [-0.2, 0) is 0 Å². The van der Waals surface area contributed by atoms with Gasteiger partial charge in [-0.2, -0.15) is 5.26 Å². The first-order chi connectivity index (χ1) is 9.78. The van der Waals surface area contributed by atoms with E-state index in [0.717, 1.165) is 0 Å². The van der Waals surface area contributed by atoms with Gasteiger partial charge in [0.05, 0.1) is 16.6 Å². The number of rotatable bonds is 3. The van der Waals surface area contributed by atoms with E-state index >= 15 is 0 Å². The number of nitrogens with zero attached hydrogens (tertiary/aromatic N) is 2. The van der Waals surface area contributed by atoms with Gasteiger partial charge in [0.25, 0.3) is 12.3 Å². The number of hydrogen-bond acceptors (Lipinski definition) is 3. The molecule has 0 aromatic heterocycles. The lowest BCUT2D eigenvalue weighted by Crippen LogP contribution is -2.53. The van der Waals surface area contributed by atoms with E-state index in [1.54, 1.807) is 6.92 Å². The average Bonchev–Trinajstić information content (AvgIpc) is 2.81. The topological polar surface area (TPSA) is 47.3 Å². The van der Waals surface area contributed by atoms with E-state index in [2.05, 4.69) is 0 Å². The summed E-state index contributed by atoms with van der Waals surface area (Å²) < 4.78 is 39.5. The summed E-state index contributed by atoms with van der Waals surface area (Å²) in [5.74, 6) is -3.59. The Hall–Kier alpha value is -1.45. The largest absolute Gasteiger partial charge is 0.360 e. The number of benzene rings is 1. The van der Waals surface area contributed by atoms with E-state index in [1.807, 2.05) is 6.07 Å². The van der Waals surface area contributed by atoms with Crippen molar-refractivity contribution in [1.82, 2.24) is 0 Å². The Morgan fingerprint density at radius 2 is 2.14 bits per heavy atom. The summed E-state index contributed by atoms with van der Waals surface area (Å²) in [6.45, 7) is 1.76. The van der Waals surface area contributed by atoms with E-state index in [9.17, 15) is 18.3 Å². The quantitative estimate of drug-likeness (QED) is 0.928. The van der Waals surface area contributed by atoms with Gasteiger partial charge in [0.1, 0.15) is 6.07 Å². The number of aliphatic hydroxyl groups is 1. The van der Waals surface area contributed by atoms with Crippen molar-refractivity contribution < 1.29 is 18.3 Å². The summed E-state index contributed by atoms with van der Waals surface area (Å²) in [5, 5.41) is 18.5. The standard InChI is InChI=1S/C14H14ClF3N2O/c1-8-2-5-12(14(18,21)13(16)17)20(8)10-4-3-9(7-19)11(15)6-10/h3-4,6,8,12-13,21H,2,5H2,1H3/t8?,12-,14?/m1/s1. The number of nitriles is 1. The first kappa shape index (κ1) is 15.9. The van der Waals surface area contributed by atoms with Crippen LogP contribution in [0.1, 0.15) is 25.3 Å². The predicted molar refractivity (Wildman–Crippen MR) is 73.2 cm³/mol. The Morgan fingerprint density at radius 3 is 2.67 bits per heavy atom. The van der Waals surface area contributed by atoms with Crippen molar-refractivity contribution in [2.45, 2.75) is 44.1 Å². The van der Waals surface area contributed by atoms with Gasteiger partial charge < -0.3 is 10.0 Å². The van der Waals surface area contributed by atoms with Gasteiger partial charge in [0, 0.05) is 11.7 Å². The molecule has 0 amide bonds. The monoisotopic (exact) mass is 318 g/mol. The van der Waals surface area contributed by atoms with E-state index in [0.29, 0.717) is 12.1 Å². The highest BCUT2D eigenvalue weighted by Crippen LogP contribution is 2.39. The van der Waals surface area contributed by atoms with Gasteiger partial charge in [-0.15, -0.1) is 0 Å². The Balaban J connectivity index is 2.40. The minimum Gasteiger partial charge on any atom is -0.360 e. The van der Waals surface area contributed by atoms with Crippen LogP contribution in [0.3, 0.4) is 0 Å². The molecule has 114 valence electrons. The van der Waals surface area contributed by atoms with Gasteiger partial charge in [-0.3, -0.25) is 0 Å². The van der Waals surface area contributed by atoms with Gasteiger partial charge >= 0.3 is 0 Å². The van der Waals surface area contributed by atoms with Crippen LogP contribution in [-0.4, -0.2) is 29.5 Å².